The van der Waals surface area contributed by atoms with Crippen LogP contribution in [0.2, 0.25) is 5.02 Å². The molecule has 0 fully saturated rings. The first-order valence-corrected chi connectivity index (χ1v) is 4.32. The van der Waals surface area contributed by atoms with Gasteiger partial charge in [-0.25, -0.2) is 0 Å². The number of rotatable bonds is 1. The number of nitrogens with zero attached hydrogens (tertiary/aromatic N) is 2. The van der Waals surface area contributed by atoms with Crippen molar-refractivity contribution in [3.8, 4) is 17.9 Å². The van der Waals surface area contributed by atoms with Crippen LogP contribution in [0, 0.1) is 33.3 Å². The van der Waals surface area contributed by atoms with Gasteiger partial charge in [-0.3, -0.25) is 10.1 Å². The van der Waals surface area contributed by atoms with Gasteiger partial charge in [-0.05, 0) is 6.07 Å². The number of nitriles is 1. The van der Waals surface area contributed by atoms with Crippen molar-refractivity contribution in [3.05, 3.63) is 38.9 Å². The Hall–Kier alpha value is -2.04. The molecule has 0 amide bonds. The Kier molecular flexibility index (Phi) is 3.68. The van der Waals surface area contributed by atoms with E-state index in [4.69, 9.17) is 16.9 Å². The van der Waals surface area contributed by atoms with Gasteiger partial charge < -0.3 is 0 Å². The van der Waals surface area contributed by atoms with Crippen LogP contribution in [0.15, 0.2) is 18.2 Å². The van der Waals surface area contributed by atoms with Crippen LogP contribution in [0.1, 0.15) is 12.0 Å². The Labute approximate surface area is 91.2 Å². The monoisotopic (exact) mass is 220 g/mol. The highest BCUT2D eigenvalue weighted by Gasteiger charge is 2.07. The van der Waals surface area contributed by atoms with Gasteiger partial charge in [-0.1, -0.05) is 23.4 Å². The minimum atomic E-state index is -0.529. The molecule has 0 radical (unpaired) electrons. The SMILES string of the molecule is N#CCC#Cc1ccc([N+](=O)[O-])cc1Cl. The molecule has 1 rings (SSSR count). The van der Waals surface area contributed by atoms with Gasteiger partial charge in [-0.15, -0.1) is 0 Å². The quantitative estimate of drug-likeness (QED) is 0.415. The molecule has 4 nitrogen and oxygen atoms in total. The Bertz CT molecular complexity index is 494. The highest BCUT2D eigenvalue weighted by molar-refractivity contribution is 6.32. The summed E-state index contributed by atoms with van der Waals surface area (Å²) < 4.78 is 0. The molecule has 0 saturated heterocycles. The lowest BCUT2D eigenvalue weighted by Gasteiger charge is -1.95. The highest BCUT2D eigenvalue weighted by atomic mass is 35.5. The zero-order valence-corrected chi connectivity index (χ0v) is 8.28. The summed E-state index contributed by atoms with van der Waals surface area (Å²) >= 11 is 5.76. The van der Waals surface area contributed by atoms with E-state index in [1.807, 2.05) is 6.07 Å². The smallest absolute Gasteiger partial charge is 0.258 e. The molecule has 15 heavy (non-hydrogen) atoms. The highest BCUT2D eigenvalue weighted by Crippen LogP contribution is 2.21. The average molecular weight is 221 g/mol. The molecule has 0 bridgehead atoms. The number of benzene rings is 1. The molecule has 0 aliphatic heterocycles. The lowest BCUT2D eigenvalue weighted by molar-refractivity contribution is -0.384. The molecule has 0 spiro atoms. The molecule has 0 aliphatic rings. The Balaban J connectivity index is 3.01. The predicted octanol–water partition coefficient (Wildman–Crippen LogP) is 2.51. The maximum atomic E-state index is 10.4. The fourth-order valence-electron chi connectivity index (χ4n) is 0.898. The molecule has 0 aliphatic carbocycles. The normalized spacial score (nSPS) is 8.53. The fourth-order valence-corrected chi connectivity index (χ4v) is 1.12. The van der Waals surface area contributed by atoms with Crippen molar-refractivity contribution in [2.24, 2.45) is 0 Å². The van der Waals surface area contributed by atoms with Gasteiger partial charge in [0, 0.05) is 17.7 Å². The first kappa shape index (κ1) is 11.0. The third kappa shape index (κ3) is 2.98. The van der Waals surface area contributed by atoms with Crippen LogP contribution in [0.4, 0.5) is 5.69 Å². The Morgan fingerprint density at radius 3 is 2.80 bits per heavy atom. The van der Waals surface area contributed by atoms with Crippen molar-refractivity contribution in [3.63, 3.8) is 0 Å². The van der Waals surface area contributed by atoms with Gasteiger partial charge in [0.15, 0.2) is 0 Å². The largest absolute Gasteiger partial charge is 0.271 e. The third-order valence-corrected chi connectivity index (χ3v) is 1.87. The minimum absolute atomic E-state index is 0.0779. The summed E-state index contributed by atoms with van der Waals surface area (Å²) in [5.41, 5.74) is 0.406. The molecule has 0 saturated carbocycles. The van der Waals surface area contributed by atoms with Gasteiger partial charge in [0.2, 0.25) is 0 Å². The second-order valence-electron chi connectivity index (χ2n) is 2.56. The van der Waals surface area contributed by atoms with Crippen LogP contribution in [0.3, 0.4) is 0 Å². The van der Waals surface area contributed by atoms with E-state index in [9.17, 15) is 10.1 Å². The predicted molar refractivity (Wildman–Crippen MR) is 55.2 cm³/mol. The van der Waals surface area contributed by atoms with Gasteiger partial charge in [0.1, 0.15) is 0 Å². The van der Waals surface area contributed by atoms with E-state index in [-0.39, 0.29) is 17.1 Å². The molecule has 1 aromatic rings. The fraction of sp³-hybridized carbons (Fsp3) is 0.100. The maximum Gasteiger partial charge on any atom is 0.271 e. The molecule has 0 aromatic heterocycles. The summed E-state index contributed by atoms with van der Waals surface area (Å²) in [5, 5.41) is 18.9. The minimum Gasteiger partial charge on any atom is -0.258 e. The van der Waals surface area contributed by atoms with Crippen molar-refractivity contribution >= 4 is 17.3 Å². The molecule has 5 heteroatoms. The van der Waals surface area contributed by atoms with Gasteiger partial charge in [0.25, 0.3) is 5.69 Å². The number of nitro groups is 1. The zero-order chi connectivity index (χ0) is 11.3. The third-order valence-electron chi connectivity index (χ3n) is 1.55. The van der Waals surface area contributed by atoms with Crippen molar-refractivity contribution in [2.75, 3.05) is 0 Å². The van der Waals surface area contributed by atoms with Crippen LogP contribution in [-0.4, -0.2) is 4.92 Å². The first-order valence-electron chi connectivity index (χ1n) is 3.95. The summed E-state index contributed by atoms with van der Waals surface area (Å²) in [5.74, 6) is 5.23. The van der Waals surface area contributed by atoms with Crippen LogP contribution in [0.25, 0.3) is 0 Å². The van der Waals surface area contributed by atoms with Gasteiger partial charge in [0.05, 0.1) is 22.4 Å². The summed E-state index contributed by atoms with van der Waals surface area (Å²) in [6.07, 6.45) is 0.104. The molecular formula is C10H5ClN2O2. The summed E-state index contributed by atoms with van der Waals surface area (Å²) in [7, 11) is 0. The van der Waals surface area contributed by atoms with Crippen molar-refractivity contribution in [1.82, 2.24) is 0 Å². The lowest BCUT2D eigenvalue weighted by Crippen LogP contribution is -1.88. The van der Waals surface area contributed by atoms with Gasteiger partial charge in [-0.2, -0.15) is 5.26 Å². The van der Waals surface area contributed by atoms with Crippen LogP contribution >= 0.6 is 11.6 Å². The zero-order valence-electron chi connectivity index (χ0n) is 7.53. The van der Waals surface area contributed by atoms with E-state index in [0.717, 1.165) is 0 Å². The van der Waals surface area contributed by atoms with Crippen molar-refractivity contribution in [1.29, 1.82) is 5.26 Å². The summed E-state index contributed by atoms with van der Waals surface area (Å²) in [4.78, 5) is 9.86. The van der Waals surface area contributed by atoms with E-state index < -0.39 is 4.92 Å². The van der Waals surface area contributed by atoms with E-state index >= 15 is 0 Å². The number of hydrogen-bond donors (Lipinski definition) is 0. The van der Waals surface area contributed by atoms with Crippen molar-refractivity contribution in [2.45, 2.75) is 6.42 Å². The molecule has 0 unspecified atom stereocenters. The summed E-state index contributed by atoms with van der Waals surface area (Å²) in [6.45, 7) is 0. The van der Waals surface area contributed by atoms with Gasteiger partial charge >= 0.3 is 0 Å². The van der Waals surface area contributed by atoms with E-state index in [1.54, 1.807) is 0 Å². The first-order chi connectivity index (χ1) is 7.15. The lowest BCUT2D eigenvalue weighted by atomic mass is 10.2. The molecule has 0 atom stereocenters. The number of non-ortho nitro benzene ring substituents is 1. The number of hydrogen-bond acceptors (Lipinski definition) is 3. The van der Waals surface area contributed by atoms with E-state index in [2.05, 4.69) is 11.8 Å². The summed E-state index contributed by atoms with van der Waals surface area (Å²) in [6, 6.07) is 5.88. The molecule has 0 N–H and O–H groups in total. The Morgan fingerprint density at radius 1 is 1.53 bits per heavy atom. The van der Waals surface area contributed by atoms with Crippen LogP contribution < -0.4 is 0 Å². The molecular weight excluding hydrogens is 216 g/mol. The Morgan fingerprint density at radius 2 is 2.27 bits per heavy atom. The second-order valence-corrected chi connectivity index (χ2v) is 2.97. The standard InChI is InChI=1S/C10H5ClN2O2/c11-10-7-9(13(14)15)5-4-8(10)3-1-2-6-12/h4-5,7H,2H2. The number of nitro benzene ring substituents is 1. The average Bonchev–Trinajstić information content (AvgIpc) is 2.20. The second kappa shape index (κ2) is 4.99. The topological polar surface area (TPSA) is 66.9 Å². The van der Waals surface area contributed by atoms with E-state index in [0.29, 0.717) is 5.56 Å². The van der Waals surface area contributed by atoms with Crippen LogP contribution in [-0.2, 0) is 0 Å². The molecule has 74 valence electrons. The number of halogens is 1. The van der Waals surface area contributed by atoms with Crippen LogP contribution in [0.5, 0.6) is 0 Å². The molecule has 1 aromatic carbocycles. The van der Waals surface area contributed by atoms with E-state index in [1.165, 1.54) is 18.2 Å². The molecule has 0 heterocycles. The van der Waals surface area contributed by atoms with Crippen molar-refractivity contribution < 1.29 is 4.92 Å². The maximum absolute atomic E-state index is 10.4.